The molecular weight excluding hydrogens is 316 g/mol. The molecule has 1 unspecified atom stereocenters. The molecule has 0 aromatic carbocycles. The fourth-order valence-corrected chi connectivity index (χ4v) is 3.74. The van der Waals surface area contributed by atoms with Crippen molar-refractivity contribution in [2.45, 2.75) is 32.3 Å². The summed E-state index contributed by atoms with van der Waals surface area (Å²) in [4.78, 5) is 6.40. The van der Waals surface area contributed by atoms with Crippen LogP contribution >= 0.6 is 0 Å². The Hall–Kier alpha value is -2.21. The number of rotatable bonds is 4. The maximum absolute atomic E-state index is 6.03. The minimum absolute atomic E-state index is 0.172. The highest BCUT2D eigenvalue weighted by molar-refractivity contribution is 5.38. The molecule has 0 N–H and O–H groups in total. The molecule has 2 aliphatic rings. The van der Waals surface area contributed by atoms with Gasteiger partial charge in [-0.15, -0.1) is 5.10 Å². The van der Waals surface area contributed by atoms with Gasteiger partial charge in [-0.05, 0) is 55.9 Å². The SMILES string of the molecule is Cc1ccc(N2CCC3(CC2)COC(COc2cccnc2)C3)nn1. The number of hydrogen-bond acceptors (Lipinski definition) is 6. The summed E-state index contributed by atoms with van der Waals surface area (Å²) in [5.74, 6) is 1.79. The molecular formula is C19H24N4O2. The number of hydrogen-bond donors (Lipinski definition) is 0. The number of aryl methyl sites for hydroxylation is 1. The molecule has 6 nitrogen and oxygen atoms in total. The molecule has 132 valence electrons. The number of ether oxygens (including phenoxy) is 2. The van der Waals surface area contributed by atoms with E-state index in [0.717, 1.165) is 56.2 Å². The third kappa shape index (κ3) is 3.74. The zero-order valence-electron chi connectivity index (χ0n) is 14.6. The molecule has 25 heavy (non-hydrogen) atoms. The molecule has 4 heterocycles. The lowest BCUT2D eigenvalue weighted by molar-refractivity contribution is 0.0577. The predicted molar refractivity (Wildman–Crippen MR) is 94.7 cm³/mol. The summed E-state index contributed by atoms with van der Waals surface area (Å²) in [6, 6.07) is 7.90. The van der Waals surface area contributed by atoms with Gasteiger partial charge >= 0.3 is 0 Å². The van der Waals surface area contributed by atoms with E-state index in [4.69, 9.17) is 9.47 Å². The zero-order valence-corrected chi connectivity index (χ0v) is 14.6. The zero-order chi connectivity index (χ0) is 17.1. The van der Waals surface area contributed by atoms with E-state index in [1.165, 1.54) is 0 Å². The van der Waals surface area contributed by atoms with Crippen molar-refractivity contribution >= 4 is 5.82 Å². The first-order valence-corrected chi connectivity index (χ1v) is 8.92. The van der Waals surface area contributed by atoms with Gasteiger partial charge in [0.2, 0.25) is 0 Å². The maximum Gasteiger partial charge on any atom is 0.151 e. The quantitative estimate of drug-likeness (QED) is 0.853. The second kappa shape index (κ2) is 6.96. The molecule has 2 aromatic rings. The van der Waals surface area contributed by atoms with E-state index >= 15 is 0 Å². The Morgan fingerprint density at radius 3 is 2.84 bits per heavy atom. The Morgan fingerprint density at radius 1 is 1.24 bits per heavy atom. The fraction of sp³-hybridized carbons (Fsp3) is 0.526. The first-order chi connectivity index (χ1) is 12.2. The molecule has 2 saturated heterocycles. The molecule has 4 rings (SSSR count). The third-order valence-electron chi connectivity index (χ3n) is 5.29. The molecule has 1 spiro atoms. The average molecular weight is 340 g/mol. The largest absolute Gasteiger partial charge is 0.489 e. The Balaban J connectivity index is 1.29. The van der Waals surface area contributed by atoms with Crippen molar-refractivity contribution in [3.63, 3.8) is 0 Å². The van der Waals surface area contributed by atoms with Crippen LogP contribution in [0.15, 0.2) is 36.7 Å². The summed E-state index contributed by atoms with van der Waals surface area (Å²) in [6.45, 7) is 5.42. The molecule has 0 saturated carbocycles. The van der Waals surface area contributed by atoms with Crippen LogP contribution in [0.25, 0.3) is 0 Å². The van der Waals surface area contributed by atoms with Crippen LogP contribution in [-0.4, -0.2) is 47.6 Å². The van der Waals surface area contributed by atoms with Crippen LogP contribution in [0.4, 0.5) is 5.82 Å². The highest BCUT2D eigenvalue weighted by atomic mass is 16.5. The summed E-state index contributed by atoms with van der Waals surface area (Å²) in [6.07, 6.45) is 7.00. The lowest BCUT2D eigenvalue weighted by Crippen LogP contribution is -2.41. The van der Waals surface area contributed by atoms with Crippen LogP contribution in [0, 0.1) is 12.3 Å². The van der Waals surface area contributed by atoms with Gasteiger partial charge in [-0.1, -0.05) is 0 Å². The normalized spacial score (nSPS) is 22.3. The minimum atomic E-state index is 0.172. The van der Waals surface area contributed by atoms with Gasteiger partial charge in [0.05, 0.1) is 24.6 Å². The van der Waals surface area contributed by atoms with E-state index < -0.39 is 0 Å². The summed E-state index contributed by atoms with van der Waals surface area (Å²) in [5.41, 5.74) is 1.25. The Morgan fingerprint density at radius 2 is 2.12 bits per heavy atom. The predicted octanol–water partition coefficient (Wildman–Crippen LogP) is 2.63. The topological polar surface area (TPSA) is 60.4 Å². The van der Waals surface area contributed by atoms with Crippen LogP contribution in [0.2, 0.25) is 0 Å². The van der Waals surface area contributed by atoms with Crippen LogP contribution in [0.5, 0.6) is 5.75 Å². The number of pyridine rings is 1. The smallest absolute Gasteiger partial charge is 0.151 e. The highest BCUT2D eigenvalue weighted by Gasteiger charge is 2.42. The molecule has 0 amide bonds. The van der Waals surface area contributed by atoms with Crippen molar-refractivity contribution < 1.29 is 9.47 Å². The van der Waals surface area contributed by atoms with Crippen molar-refractivity contribution in [3.8, 4) is 5.75 Å². The van der Waals surface area contributed by atoms with E-state index in [0.29, 0.717) is 6.61 Å². The maximum atomic E-state index is 6.03. The molecule has 0 radical (unpaired) electrons. The van der Waals surface area contributed by atoms with Gasteiger partial charge in [0.1, 0.15) is 12.4 Å². The molecule has 2 aromatic heterocycles. The first kappa shape index (κ1) is 16.3. The summed E-state index contributed by atoms with van der Waals surface area (Å²) in [7, 11) is 0. The number of piperidine rings is 1. The van der Waals surface area contributed by atoms with Gasteiger partial charge in [-0.25, -0.2) is 0 Å². The molecule has 6 heteroatoms. The van der Waals surface area contributed by atoms with Crippen LogP contribution < -0.4 is 9.64 Å². The lowest BCUT2D eigenvalue weighted by Gasteiger charge is -2.38. The van der Waals surface area contributed by atoms with Crippen molar-refractivity contribution in [2.24, 2.45) is 5.41 Å². The van der Waals surface area contributed by atoms with Crippen molar-refractivity contribution in [1.29, 1.82) is 0 Å². The van der Waals surface area contributed by atoms with Crippen molar-refractivity contribution in [2.75, 3.05) is 31.2 Å². The van der Waals surface area contributed by atoms with Crippen LogP contribution in [0.1, 0.15) is 25.0 Å². The monoisotopic (exact) mass is 340 g/mol. The summed E-state index contributed by atoms with van der Waals surface area (Å²) in [5, 5.41) is 8.48. The average Bonchev–Trinajstić information content (AvgIpc) is 3.05. The first-order valence-electron chi connectivity index (χ1n) is 8.92. The van der Waals surface area contributed by atoms with E-state index in [1.807, 2.05) is 25.1 Å². The van der Waals surface area contributed by atoms with Gasteiger partial charge in [0.25, 0.3) is 0 Å². The molecule has 0 bridgehead atoms. The van der Waals surface area contributed by atoms with Gasteiger partial charge in [0.15, 0.2) is 5.82 Å². The van der Waals surface area contributed by atoms with Gasteiger partial charge in [0, 0.05) is 19.3 Å². The highest BCUT2D eigenvalue weighted by Crippen LogP contribution is 2.42. The number of nitrogens with zero attached hydrogens (tertiary/aromatic N) is 4. The molecule has 1 atom stereocenters. The second-order valence-electron chi connectivity index (χ2n) is 7.16. The molecule has 2 aliphatic heterocycles. The Bertz CT molecular complexity index is 684. The third-order valence-corrected chi connectivity index (χ3v) is 5.29. The van der Waals surface area contributed by atoms with Gasteiger partial charge in [-0.3, -0.25) is 4.98 Å². The van der Waals surface area contributed by atoms with E-state index in [-0.39, 0.29) is 11.5 Å². The van der Waals surface area contributed by atoms with E-state index in [2.05, 4.69) is 26.1 Å². The van der Waals surface area contributed by atoms with Crippen molar-refractivity contribution in [3.05, 3.63) is 42.4 Å². The minimum Gasteiger partial charge on any atom is -0.489 e. The van der Waals surface area contributed by atoms with E-state index in [1.54, 1.807) is 12.4 Å². The Labute approximate surface area is 148 Å². The van der Waals surface area contributed by atoms with Crippen molar-refractivity contribution in [1.82, 2.24) is 15.2 Å². The lowest BCUT2D eigenvalue weighted by atomic mass is 9.76. The standard InChI is InChI=1S/C19H24N4O2/c1-15-4-5-18(22-21-15)23-9-6-19(7-10-23)11-17(25-14-19)13-24-16-3-2-8-20-12-16/h2-5,8,12,17H,6-7,9-11,13-14H2,1H3. The second-order valence-corrected chi connectivity index (χ2v) is 7.16. The Kier molecular flexibility index (Phi) is 4.53. The summed E-state index contributed by atoms with van der Waals surface area (Å²) < 4.78 is 11.8. The van der Waals surface area contributed by atoms with Gasteiger partial charge < -0.3 is 14.4 Å². The van der Waals surface area contributed by atoms with Gasteiger partial charge in [-0.2, -0.15) is 5.10 Å². The molecule has 0 aliphatic carbocycles. The van der Waals surface area contributed by atoms with Crippen LogP contribution in [0.3, 0.4) is 0 Å². The summed E-state index contributed by atoms with van der Waals surface area (Å²) >= 11 is 0. The fourth-order valence-electron chi connectivity index (χ4n) is 3.74. The van der Waals surface area contributed by atoms with Crippen LogP contribution in [-0.2, 0) is 4.74 Å². The van der Waals surface area contributed by atoms with E-state index in [9.17, 15) is 0 Å². The molecule has 2 fully saturated rings. The number of anilines is 1. The number of aromatic nitrogens is 3.